The van der Waals surface area contributed by atoms with Crippen molar-refractivity contribution >= 4 is 35.1 Å². The van der Waals surface area contributed by atoms with Gasteiger partial charge in [0.15, 0.2) is 0 Å². The van der Waals surface area contributed by atoms with Crippen molar-refractivity contribution in [3.8, 4) is 34.0 Å². The second-order valence-corrected chi connectivity index (χ2v) is 13.7. The molecule has 6 aromatic rings. The number of hydrogen-bond acceptors (Lipinski definition) is 9. The van der Waals surface area contributed by atoms with Gasteiger partial charge in [0, 0.05) is 48.4 Å². The van der Waals surface area contributed by atoms with E-state index in [2.05, 4.69) is 19.9 Å². The van der Waals surface area contributed by atoms with Gasteiger partial charge in [-0.15, -0.1) is 0 Å². The van der Waals surface area contributed by atoms with Crippen molar-refractivity contribution < 1.29 is 23.8 Å². The Morgan fingerprint density at radius 1 is 0.643 bits per heavy atom. The molecule has 0 atom stereocenters. The SMILES string of the molecule is CCOC(=O)c1cc(Cc2cc(-c3ccccc3OC)ncn2)ccc1Cl.COc1ccccc1-c1cc(Cc2ccc(Cl)c(C(=O)N3CCCC3)c2)ncn1. The molecule has 1 saturated heterocycles. The summed E-state index contributed by atoms with van der Waals surface area (Å²) in [4.78, 5) is 44.2. The first-order valence-corrected chi connectivity index (χ1v) is 18.9. The number of halogens is 2. The van der Waals surface area contributed by atoms with Crippen LogP contribution in [0.4, 0.5) is 0 Å². The minimum absolute atomic E-state index is 0.00625. The summed E-state index contributed by atoms with van der Waals surface area (Å²) in [5.74, 6) is 1.09. The molecule has 1 aliphatic heterocycles. The van der Waals surface area contributed by atoms with Crippen molar-refractivity contribution in [3.63, 3.8) is 0 Å². The van der Waals surface area contributed by atoms with Gasteiger partial charge in [0.05, 0.1) is 53.4 Å². The lowest BCUT2D eigenvalue weighted by Crippen LogP contribution is -2.27. The van der Waals surface area contributed by atoms with Crippen LogP contribution in [-0.2, 0) is 17.6 Å². The van der Waals surface area contributed by atoms with E-state index < -0.39 is 5.97 Å². The molecule has 0 saturated carbocycles. The van der Waals surface area contributed by atoms with E-state index in [1.165, 1.54) is 6.33 Å². The number of carbonyl (C=O) groups excluding carboxylic acids is 2. The van der Waals surface area contributed by atoms with Crippen LogP contribution in [0.1, 0.15) is 63.0 Å². The third-order valence-corrected chi connectivity index (χ3v) is 9.82. The molecular formula is C44H41Cl2N5O5. The number of ether oxygens (including phenoxy) is 3. The Hall–Kier alpha value is -5.84. The topological polar surface area (TPSA) is 117 Å². The third kappa shape index (κ3) is 9.87. The zero-order valence-electron chi connectivity index (χ0n) is 31.4. The average Bonchev–Trinajstić information content (AvgIpc) is 3.78. The lowest BCUT2D eigenvalue weighted by molar-refractivity contribution is 0.0526. The summed E-state index contributed by atoms with van der Waals surface area (Å²) in [5, 5.41) is 0.859. The van der Waals surface area contributed by atoms with Gasteiger partial charge in [0.2, 0.25) is 0 Å². The molecule has 0 bridgehead atoms. The van der Waals surface area contributed by atoms with Gasteiger partial charge < -0.3 is 19.1 Å². The molecule has 0 spiro atoms. The standard InChI is InChI=1S/C23H22ClN3O2.C21H19ClN2O3/c1-29-22-7-3-2-6-18(22)21-14-17(25-15-26-21)12-16-8-9-20(24)19(13-16)23(28)27-10-4-5-11-27;1-3-27-21(25)17-11-14(8-9-18(17)22)10-15-12-19(24-13-23-15)16-6-4-5-7-20(16)26-2/h2-3,6-9,13-15H,4-5,10-12H2,1H3;4-9,11-13H,3,10H2,1-2H3. The first kappa shape index (κ1) is 39.8. The Bertz CT molecular complexity index is 2310. The smallest absolute Gasteiger partial charge is 0.339 e. The average molecular weight is 791 g/mol. The maximum Gasteiger partial charge on any atom is 0.339 e. The molecular weight excluding hydrogens is 749 g/mol. The first-order chi connectivity index (χ1) is 27.3. The van der Waals surface area contributed by atoms with Gasteiger partial charge in [0.25, 0.3) is 5.91 Å². The van der Waals surface area contributed by atoms with Crippen molar-refractivity contribution in [1.29, 1.82) is 0 Å². The number of amides is 1. The van der Waals surface area contributed by atoms with E-state index in [-0.39, 0.29) is 5.91 Å². The number of hydrogen-bond donors (Lipinski definition) is 0. The van der Waals surface area contributed by atoms with Gasteiger partial charge in [-0.05, 0) is 91.6 Å². The van der Waals surface area contributed by atoms with Crippen LogP contribution in [0.2, 0.25) is 10.0 Å². The zero-order chi connectivity index (χ0) is 39.4. The Morgan fingerprint density at radius 3 is 1.62 bits per heavy atom. The van der Waals surface area contributed by atoms with E-state index in [9.17, 15) is 9.59 Å². The van der Waals surface area contributed by atoms with E-state index in [4.69, 9.17) is 37.4 Å². The van der Waals surface area contributed by atoms with Gasteiger partial charge in [-0.2, -0.15) is 0 Å². The van der Waals surface area contributed by atoms with Crippen LogP contribution in [0.3, 0.4) is 0 Å². The van der Waals surface area contributed by atoms with Gasteiger partial charge in [-0.25, -0.2) is 24.7 Å². The van der Waals surface area contributed by atoms with Crippen LogP contribution in [0.15, 0.2) is 110 Å². The van der Waals surface area contributed by atoms with E-state index in [1.807, 2.05) is 83.8 Å². The number of carbonyl (C=O) groups is 2. The van der Waals surface area contributed by atoms with Crippen LogP contribution < -0.4 is 9.47 Å². The predicted molar refractivity (Wildman–Crippen MR) is 218 cm³/mol. The Morgan fingerprint density at radius 2 is 1.12 bits per heavy atom. The molecule has 7 rings (SSSR count). The summed E-state index contributed by atoms with van der Waals surface area (Å²) in [6, 6.07) is 30.2. The van der Waals surface area contributed by atoms with Crippen molar-refractivity contribution in [2.45, 2.75) is 32.6 Å². The lowest BCUT2D eigenvalue weighted by atomic mass is 10.0. The number of nitrogens with zero attached hydrogens (tertiary/aromatic N) is 5. The fraction of sp³-hybridized carbons (Fsp3) is 0.227. The normalized spacial score (nSPS) is 12.1. The number of aromatic nitrogens is 4. The van der Waals surface area contributed by atoms with E-state index in [0.717, 1.165) is 82.5 Å². The molecule has 0 unspecified atom stereocenters. The molecule has 0 aliphatic carbocycles. The highest BCUT2D eigenvalue weighted by Gasteiger charge is 2.22. The highest BCUT2D eigenvalue weighted by atomic mass is 35.5. The summed E-state index contributed by atoms with van der Waals surface area (Å²) in [7, 11) is 3.28. The third-order valence-electron chi connectivity index (χ3n) is 9.16. The molecule has 4 aromatic carbocycles. The summed E-state index contributed by atoms with van der Waals surface area (Å²) in [6.45, 7) is 3.66. The lowest BCUT2D eigenvalue weighted by Gasteiger charge is -2.16. The quantitative estimate of drug-likeness (QED) is 0.119. The first-order valence-electron chi connectivity index (χ1n) is 18.2. The monoisotopic (exact) mass is 789 g/mol. The maximum absolute atomic E-state index is 12.8. The number of likely N-dealkylation sites (tertiary alicyclic amines) is 1. The Labute approximate surface area is 336 Å². The van der Waals surface area contributed by atoms with Crippen molar-refractivity contribution in [2.75, 3.05) is 33.9 Å². The molecule has 1 aliphatic rings. The van der Waals surface area contributed by atoms with E-state index >= 15 is 0 Å². The number of esters is 1. The fourth-order valence-electron chi connectivity index (χ4n) is 6.40. The molecule has 286 valence electrons. The van der Waals surface area contributed by atoms with Gasteiger partial charge in [-0.3, -0.25) is 4.79 Å². The summed E-state index contributed by atoms with van der Waals surface area (Å²) in [5.41, 5.74) is 7.89. The van der Waals surface area contributed by atoms with Crippen molar-refractivity contribution in [1.82, 2.24) is 24.8 Å². The summed E-state index contributed by atoms with van der Waals surface area (Å²) < 4.78 is 15.9. The fourth-order valence-corrected chi connectivity index (χ4v) is 6.79. The minimum atomic E-state index is -0.429. The van der Waals surface area contributed by atoms with Crippen LogP contribution in [0.25, 0.3) is 22.5 Å². The second kappa shape index (κ2) is 19.2. The van der Waals surface area contributed by atoms with Gasteiger partial charge in [-0.1, -0.05) is 59.6 Å². The van der Waals surface area contributed by atoms with Crippen molar-refractivity contribution in [3.05, 3.63) is 153 Å². The summed E-state index contributed by atoms with van der Waals surface area (Å²) >= 11 is 12.5. The minimum Gasteiger partial charge on any atom is -0.496 e. The van der Waals surface area contributed by atoms with Crippen LogP contribution >= 0.6 is 23.2 Å². The Balaban J connectivity index is 0.000000190. The molecule has 3 heterocycles. The predicted octanol–water partition coefficient (Wildman–Crippen LogP) is 9.21. The van der Waals surface area contributed by atoms with Crippen LogP contribution in [0.5, 0.6) is 11.5 Å². The number of para-hydroxylation sites is 2. The molecule has 2 aromatic heterocycles. The number of methoxy groups -OCH3 is 2. The molecule has 1 amide bonds. The molecule has 56 heavy (non-hydrogen) atoms. The molecule has 0 radical (unpaired) electrons. The van der Waals surface area contributed by atoms with Crippen molar-refractivity contribution in [2.24, 2.45) is 0 Å². The molecule has 1 fully saturated rings. The summed E-state index contributed by atoms with van der Waals surface area (Å²) in [6.07, 6.45) is 6.31. The van der Waals surface area contributed by atoms with Crippen LogP contribution in [0, 0.1) is 0 Å². The highest BCUT2D eigenvalue weighted by molar-refractivity contribution is 6.34. The van der Waals surface area contributed by atoms with Crippen LogP contribution in [-0.4, -0.2) is 70.6 Å². The molecule has 10 nitrogen and oxygen atoms in total. The van der Waals surface area contributed by atoms with E-state index in [0.29, 0.717) is 40.6 Å². The number of rotatable bonds is 11. The maximum atomic E-state index is 12.8. The number of benzene rings is 4. The van der Waals surface area contributed by atoms with Gasteiger partial charge >= 0.3 is 5.97 Å². The molecule has 0 N–H and O–H groups in total. The highest BCUT2D eigenvalue weighted by Crippen LogP contribution is 2.30. The zero-order valence-corrected chi connectivity index (χ0v) is 32.9. The van der Waals surface area contributed by atoms with E-state index in [1.54, 1.807) is 45.7 Å². The Kier molecular flexibility index (Phi) is 13.6. The molecule has 12 heteroatoms. The van der Waals surface area contributed by atoms with Gasteiger partial charge in [0.1, 0.15) is 24.2 Å². The largest absolute Gasteiger partial charge is 0.496 e. The second-order valence-electron chi connectivity index (χ2n) is 12.9.